The molecule has 0 amide bonds. The van der Waals surface area contributed by atoms with Crippen molar-refractivity contribution in [3.05, 3.63) is 29.8 Å². The summed E-state index contributed by atoms with van der Waals surface area (Å²) in [5, 5.41) is 0. The number of rotatable bonds is 11. The molecule has 0 fully saturated rings. The second kappa shape index (κ2) is 9.54. The summed E-state index contributed by atoms with van der Waals surface area (Å²) in [4.78, 5) is -0.831. The van der Waals surface area contributed by atoms with Crippen LogP contribution in [0.2, 0.25) is 0 Å². The minimum absolute atomic E-state index is 0.425. The number of aryl methyl sites for hydroxylation is 1. The summed E-state index contributed by atoms with van der Waals surface area (Å²) >= 11 is 0. The topological polar surface area (TPSA) is 43.4 Å². The zero-order valence-electron chi connectivity index (χ0n) is 17.8. The molecule has 0 N–H and O–H groups in total. The molecule has 0 heterocycles. The molecule has 3 nitrogen and oxygen atoms in total. The van der Waals surface area contributed by atoms with E-state index < -0.39 is 75.7 Å². The van der Waals surface area contributed by atoms with Gasteiger partial charge in [-0.15, -0.1) is 0 Å². The first-order chi connectivity index (χ1) is 16.5. The number of hydrogen-bond acceptors (Lipinski definition) is 3. The van der Waals surface area contributed by atoms with E-state index in [1.165, 1.54) is 6.92 Å². The minimum Gasteiger partial charge on any atom is -0.266 e. The average Bonchev–Trinajstić information content (AvgIpc) is 2.72. The second-order valence-electron chi connectivity index (χ2n) is 7.49. The highest BCUT2D eigenvalue weighted by molar-refractivity contribution is 7.86. The van der Waals surface area contributed by atoms with E-state index >= 15 is 0 Å². The molecule has 0 atom stereocenters. The molecule has 222 valence electrons. The van der Waals surface area contributed by atoms with E-state index in [1.54, 1.807) is 0 Å². The highest BCUT2D eigenvalue weighted by Gasteiger charge is 2.95. The van der Waals surface area contributed by atoms with Gasteiger partial charge in [-0.25, -0.2) is 0 Å². The van der Waals surface area contributed by atoms with Gasteiger partial charge in [0, 0.05) is 6.42 Å². The smallest absolute Gasteiger partial charge is 0.266 e. The Labute approximate surface area is 200 Å². The van der Waals surface area contributed by atoms with Crippen LogP contribution in [0.1, 0.15) is 12.0 Å². The molecule has 0 unspecified atom stereocenters. The van der Waals surface area contributed by atoms with Gasteiger partial charge in [-0.1, -0.05) is 17.7 Å². The Morgan fingerprint density at radius 2 is 0.921 bits per heavy atom. The zero-order chi connectivity index (χ0) is 30.6. The second-order valence-corrected chi connectivity index (χ2v) is 9.10. The monoisotopic (exact) mass is 618 g/mol. The first kappa shape index (κ1) is 34.0. The van der Waals surface area contributed by atoms with Crippen molar-refractivity contribution in [1.29, 1.82) is 0 Å². The fourth-order valence-corrected chi connectivity index (χ4v) is 3.31. The lowest BCUT2D eigenvalue weighted by Gasteiger charge is -2.42. The van der Waals surface area contributed by atoms with Gasteiger partial charge in [-0.2, -0.15) is 83.1 Å². The lowest BCUT2D eigenvalue weighted by molar-refractivity contribution is -0.461. The van der Waals surface area contributed by atoms with E-state index in [-0.39, 0.29) is 0 Å². The van der Waals surface area contributed by atoms with Crippen LogP contribution in [0, 0.1) is 6.92 Å². The van der Waals surface area contributed by atoms with Gasteiger partial charge >= 0.3 is 47.6 Å². The maximum absolute atomic E-state index is 13.8. The molecule has 0 saturated heterocycles. The van der Waals surface area contributed by atoms with Gasteiger partial charge in [0.1, 0.15) is 0 Å². The molecule has 0 aromatic heterocycles. The van der Waals surface area contributed by atoms with E-state index in [9.17, 15) is 83.1 Å². The molecule has 1 aromatic carbocycles. The van der Waals surface area contributed by atoms with Crippen molar-refractivity contribution < 1.29 is 87.2 Å². The first-order valence-electron chi connectivity index (χ1n) is 9.13. The van der Waals surface area contributed by atoms with Crippen molar-refractivity contribution in [3.8, 4) is 0 Å². The molecule has 0 saturated carbocycles. The van der Waals surface area contributed by atoms with Gasteiger partial charge in [-0.3, -0.25) is 4.18 Å². The Kier molecular flexibility index (Phi) is 8.53. The molecule has 0 radical (unpaired) electrons. The predicted octanol–water partition coefficient (Wildman–Crippen LogP) is 7.10. The third-order valence-electron chi connectivity index (χ3n) is 4.75. The van der Waals surface area contributed by atoms with E-state index in [0.29, 0.717) is 5.56 Å². The number of halogens is 17. The zero-order valence-corrected chi connectivity index (χ0v) is 18.6. The lowest BCUT2D eigenvalue weighted by Crippen LogP contribution is -2.74. The lowest BCUT2D eigenvalue weighted by atomic mass is 9.88. The third kappa shape index (κ3) is 5.10. The quantitative estimate of drug-likeness (QED) is 0.197. The van der Waals surface area contributed by atoms with E-state index in [2.05, 4.69) is 4.18 Å². The summed E-state index contributed by atoms with van der Waals surface area (Å²) in [6.45, 7) is -0.821. The van der Waals surface area contributed by atoms with Crippen molar-refractivity contribution in [3.63, 3.8) is 0 Å². The summed E-state index contributed by atoms with van der Waals surface area (Å²) in [6.07, 6.45) is -10.9. The predicted molar refractivity (Wildman–Crippen MR) is 89.6 cm³/mol. The molecule has 1 rings (SSSR count). The fourth-order valence-electron chi connectivity index (χ4n) is 2.41. The largest absolute Gasteiger partial charge is 0.460 e. The summed E-state index contributed by atoms with van der Waals surface area (Å²) in [7, 11) is -5.10. The van der Waals surface area contributed by atoms with Crippen LogP contribution in [-0.4, -0.2) is 62.7 Å². The van der Waals surface area contributed by atoms with Crippen LogP contribution >= 0.6 is 0 Å². The molecular formula is C17H11F17O3S. The molecule has 21 heteroatoms. The number of alkyl halides is 17. The molecule has 1 aromatic rings. The SMILES string of the molecule is Cc1ccc(S(=O)(=O)OCCC(F)(F)C(F)(F)C(F)(F)C(F)(F)C(F)(F)C(F)(F)C(F)(F)C(F)(F)F)cc1. The molecule has 0 aliphatic rings. The number of benzene rings is 1. The summed E-state index contributed by atoms with van der Waals surface area (Å²) in [5.41, 5.74) is 0.425. The molecule has 0 spiro atoms. The van der Waals surface area contributed by atoms with Gasteiger partial charge < -0.3 is 0 Å². The summed E-state index contributed by atoms with van der Waals surface area (Å²) < 4.78 is 252. The van der Waals surface area contributed by atoms with Crippen LogP contribution in [-0.2, 0) is 14.3 Å². The van der Waals surface area contributed by atoms with Crippen molar-refractivity contribution in [2.45, 2.75) is 65.9 Å². The Morgan fingerprint density at radius 1 is 0.579 bits per heavy atom. The van der Waals surface area contributed by atoms with Crippen LogP contribution in [0.15, 0.2) is 29.2 Å². The summed E-state index contributed by atoms with van der Waals surface area (Å²) in [5.74, 6) is -57.3. The van der Waals surface area contributed by atoms with E-state index in [4.69, 9.17) is 0 Å². The van der Waals surface area contributed by atoms with Crippen molar-refractivity contribution in [1.82, 2.24) is 0 Å². The first-order valence-corrected chi connectivity index (χ1v) is 10.5. The minimum atomic E-state index is -8.73. The van der Waals surface area contributed by atoms with E-state index in [0.717, 1.165) is 24.3 Å². The summed E-state index contributed by atoms with van der Waals surface area (Å²) in [6, 6.07) is 3.73. The Hall–Kier alpha value is -2.06. The molecule has 0 bridgehead atoms. The third-order valence-corrected chi connectivity index (χ3v) is 6.08. The highest BCUT2D eigenvalue weighted by atomic mass is 32.2. The van der Waals surface area contributed by atoms with Crippen molar-refractivity contribution in [2.75, 3.05) is 6.61 Å². The van der Waals surface area contributed by atoms with Gasteiger partial charge in [0.25, 0.3) is 10.1 Å². The van der Waals surface area contributed by atoms with Crippen LogP contribution < -0.4 is 0 Å². The van der Waals surface area contributed by atoms with E-state index in [1.807, 2.05) is 0 Å². The maximum atomic E-state index is 13.8. The highest BCUT2D eigenvalue weighted by Crippen LogP contribution is 2.64. The normalized spacial score (nSPS) is 15.6. The van der Waals surface area contributed by atoms with Crippen molar-refractivity contribution in [2.24, 2.45) is 0 Å². The standard InChI is InChI=1S/C17H11F17O3S/c1-8-2-4-9(5-3-8)38(35,36)37-7-6-10(18,19)11(20,21)12(22,23)13(24,25)14(26,27)15(28,29)16(30,31)17(32,33)34/h2-5H,6-7H2,1H3. The Morgan fingerprint density at radius 3 is 1.29 bits per heavy atom. The Balaban J connectivity index is 3.35. The van der Waals surface area contributed by atoms with Gasteiger partial charge in [0.05, 0.1) is 11.5 Å². The molecular weight excluding hydrogens is 607 g/mol. The molecule has 38 heavy (non-hydrogen) atoms. The molecule has 0 aliphatic heterocycles. The van der Waals surface area contributed by atoms with Crippen LogP contribution in [0.25, 0.3) is 0 Å². The van der Waals surface area contributed by atoms with Gasteiger partial charge in [0.2, 0.25) is 0 Å². The van der Waals surface area contributed by atoms with Gasteiger partial charge in [-0.05, 0) is 19.1 Å². The van der Waals surface area contributed by atoms with Crippen molar-refractivity contribution >= 4 is 10.1 Å². The van der Waals surface area contributed by atoms with Gasteiger partial charge in [0.15, 0.2) is 0 Å². The fraction of sp³-hybridized carbons (Fsp3) is 0.647. The van der Waals surface area contributed by atoms with Crippen LogP contribution in [0.4, 0.5) is 74.6 Å². The average molecular weight is 618 g/mol. The number of hydrogen-bond donors (Lipinski definition) is 0. The maximum Gasteiger partial charge on any atom is 0.460 e. The van der Waals surface area contributed by atoms with Crippen LogP contribution in [0.3, 0.4) is 0 Å². The molecule has 0 aliphatic carbocycles. The Bertz CT molecular complexity index is 1090. The van der Waals surface area contributed by atoms with Crippen LogP contribution in [0.5, 0.6) is 0 Å².